The minimum atomic E-state index is -0.160. The lowest BCUT2D eigenvalue weighted by molar-refractivity contribution is -0.111. The molecular formula is C22H21N3O2. The Morgan fingerprint density at radius 1 is 1.04 bits per heavy atom. The third-order valence-electron chi connectivity index (χ3n) is 3.98. The van der Waals surface area contributed by atoms with Gasteiger partial charge in [-0.3, -0.25) is 4.79 Å². The number of carbonyl (C=O) groups is 1. The second-order valence-electron chi connectivity index (χ2n) is 6.04. The molecule has 3 rings (SSSR count). The summed E-state index contributed by atoms with van der Waals surface area (Å²) in [6.07, 6.45) is 5.65. The summed E-state index contributed by atoms with van der Waals surface area (Å²) in [7, 11) is 0. The van der Waals surface area contributed by atoms with Gasteiger partial charge in [-0.25, -0.2) is 9.97 Å². The van der Waals surface area contributed by atoms with Crippen LogP contribution in [-0.4, -0.2) is 15.9 Å². The number of rotatable bonds is 6. The van der Waals surface area contributed by atoms with E-state index in [1.165, 1.54) is 5.56 Å². The summed E-state index contributed by atoms with van der Waals surface area (Å²) in [5, 5.41) is 2.88. The normalized spacial score (nSPS) is 11.1. The van der Waals surface area contributed by atoms with Gasteiger partial charge < -0.3 is 10.1 Å². The number of hydrogen-bond donors (Lipinski definition) is 1. The Labute approximate surface area is 158 Å². The Morgan fingerprint density at radius 3 is 2.33 bits per heavy atom. The highest BCUT2D eigenvalue weighted by atomic mass is 16.5. The summed E-state index contributed by atoms with van der Waals surface area (Å²) in [5.41, 5.74) is 3.94. The standard InChI is InChI=1S/C22H21N3O2/c1-3-17(18-7-5-16(2)6-8-18)15-21(26)25-19-9-11-20(12-10-19)27-22-23-13-4-14-24-22/h4-15H,3H2,1-2H3,(H,25,26)/b17-15-. The minimum absolute atomic E-state index is 0.160. The maximum Gasteiger partial charge on any atom is 0.321 e. The van der Waals surface area contributed by atoms with Crippen molar-refractivity contribution in [2.45, 2.75) is 20.3 Å². The summed E-state index contributed by atoms with van der Waals surface area (Å²) in [6, 6.07) is 17.3. The molecule has 0 saturated heterocycles. The molecule has 5 nitrogen and oxygen atoms in total. The van der Waals surface area contributed by atoms with Crippen LogP contribution in [0.5, 0.6) is 11.8 Å². The van der Waals surface area contributed by atoms with Gasteiger partial charge in [0.2, 0.25) is 5.91 Å². The number of aryl methyl sites for hydroxylation is 1. The topological polar surface area (TPSA) is 64.1 Å². The predicted molar refractivity (Wildman–Crippen MR) is 107 cm³/mol. The van der Waals surface area contributed by atoms with Crippen molar-refractivity contribution < 1.29 is 9.53 Å². The molecule has 3 aromatic rings. The molecular weight excluding hydrogens is 338 g/mol. The van der Waals surface area contributed by atoms with Crippen molar-refractivity contribution in [1.82, 2.24) is 9.97 Å². The Kier molecular flexibility index (Phi) is 5.94. The highest BCUT2D eigenvalue weighted by Gasteiger charge is 2.05. The van der Waals surface area contributed by atoms with Crippen LogP contribution in [0.3, 0.4) is 0 Å². The van der Waals surface area contributed by atoms with E-state index >= 15 is 0 Å². The molecule has 27 heavy (non-hydrogen) atoms. The molecule has 0 fully saturated rings. The average molecular weight is 359 g/mol. The van der Waals surface area contributed by atoms with Gasteiger partial charge in [0.1, 0.15) is 5.75 Å². The van der Waals surface area contributed by atoms with E-state index in [0.717, 1.165) is 17.6 Å². The zero-order valence-electron chi connectivity index (χ0n) is 15.3. The molecule has 0 atom stereocenters. The minimum Gasteiger partial charge on any atom is -0.424 e. The summed E-state index contributed by atoms with van der Waals surface area (Å²) in [5.74, 6) is 0.441. The molecule has 1 amide bonds. The van der Waals surface area contributed by atoms with Gasteiger partial charge in [-0.2, -0.15) is 0 Å². The molecule has 0 aliphatic carbocycles. The molecule has 1 N–H and O–H groups in total. The maximum absolute atomic E-state index is 12.4. The van der Waals surface area contributed by atoms with Crippen LogP contribution in [0.4, 0.5) is 5.69 Å². The Bertz CT molecular complexity index is 918. The molecule has 0 aliphatic rings. The number of benzene rings is 2. The van der Waals surface area contributed by atoms with Crippen LogP contribution >= 0.6 is 0 Å². The van der Waals surface area contributed by atoms with Crippen molar-refractivity contribution in [1.29, 1.82) is 0 Å². The highest BCUT2D eigenvalue weighted by molar-refractivity contribution is 6.04. The van der Waals surface area contributed by atoms with E-state index in [2.05, 4.69) is 15.3 Å². The van der Waals surface area contributed by atoms with Crippen LogP contribution in [0.2, 0.25) is 0 Å². The first-order valence-corrected chi connectivity index (χ1v) is 8.77. The fourth-order valence-corrected chi connectivity index (χ4v) is 2.54. The Hall–Kier alpha value is -3.47. The predicted octanol–water partition coefficient (Wildman–Crippen LogP) is 5.01. The number of ether oxygens (including phenoxy) is 1. The first-order chi connectivity index (χ1) is 13.1. The summed E-state index contributed by atoms with van der Waals surface area (Å²) in [4.78, 5) is 20.4. The molecule has 0 aliphatic heterocycles. The summed E-state index contributed by atoms with van der Waals surface area (Å²) >= 11 is 0. The van der Waals surface area contributed by atoms with Gasteiger partial charge in [0.25, 0.3) is 0 Å². The number of nitrogens with zero attached hydrogens (tertiary/aromatic N) is 2. The van der Waals surface area contributed by atoms with E-state index in [0.29, 0.717) is 11.4 Å². The highest BCUT2D eigenvalue weighted by Crippen LogP contribution is 2.21. The lowest BCUT2D eigenvalue weighted by Crippen LogP contribution is -2.08. The van der Waals surface area contributed by atoms with Crippen LogP contribution in [0.15, 0.2) is 73.1 Å². The van der Waals surface area contributed by atoms with Crippen molar-refractivity contribution in [3.8, 4) is 11.8 Å². The van der Waals surface area contributed by atoms with Gasteiger partial charge in [-0.05, 0) is 54.8 Å². The molecule has 0 unspecified atom stereocenters. The zero-order valence-corrected chi connectivity index (χ0v) is 15.3. The van der Waals surface area contributed by atoms with E-state index < -0.39 is 0 Å². The number of allylic oxidation sites excluding steroid dienone is 1. The number of hydrogen-bond acceptors (Lipinski definition) is 4. The third kappa shape index (κ3) is 5.25. The van der Waals surface area contributed by atoms with Crippen molar-refractivity contribution in [2.24, 2.45) is 0 Å². The zero-order chi connectivity index (χ0) is 19.1. The number of amides is 1. The molecule has 0 radical (unpaired) electrons. The van der Waals surface area contributed by atoms with Crippen LogP contribution in [0.25, 0.3) is 5.57 Å². The van der Waals surface area contributed by atoms with E-state index in [9.17, 15) is 4.79 Å². The third-order valence-corrected chi connectivity index (χ3v) is 3.98. The molecule has 2 aromatic carbocycles. The molecule has 5 heteroatoms. The Balaban J connectivity index is 1.65. The number of aromatic nitrogens is 2. The van der Waals surface area contributed by atoms with Crippen LogP contribution in [0.1, 0.15) is 24.5 Å². The van der Waals surface area contributed by atoms with Gasteiger partial charge >= 0.3 is 6.01 Å². The number of anilines is 1. The van der Waals surface area contributed by atoms with Crippen LogP contribution in [-0.2, 0) is 4.79 Å². The molecule has 0 saturated carbocycles. The maximum atomic E-state index is 12.4. The number of carbonyl (C=O) groups excluding carboxylic acids is 1. The molecule has 0 spiro atoms. The fourth-order valence-electron chi connectivity index (χ4n) is 2.54. The molecule has 136 valence electrons. The van der Waals surface area contributed by atoms with Gasteiger partial charge in [0.15, 0.2) is 0 Å². The second kappa shape index (κ2) is 8.76. The largest absolute Gasteiger partial charge is 0.424 e. The van der Waals surface area contributed by atoms with Gasteiger partial charge in [0.05, 0.1) is 0 Å². The average Bonchev–Trinajstić information content (AvgIpc) is 2.69. The van der Waals surface area contributed by atoms with E-state index in [1.54, 1.807) is 48.8 Å². The van der Waals surface area contributed by atoms with E-state index in [-0.39, 0.29) is 11.9 Å². The van der Waals surface area contributed by atoms with Gasteiger partial charge in [-0.15, -0.1) is 0 Å². The molecule has 1 aromatic heterocycles. The fraction of sp³-hybridized carbons (Fsp3) is 0.136. The van der Waals surface area contributed by atoms with Gasteiger partial charge in [0, 0.05) is 24.2 Å². The van der Waals surface area contributed by atoms with E-state index in [4.69, 9.17) is 4.74 Å². The van der Waals surface area contributed by atoms with Crippen LogP contribution in [0, 0.1) is 6.92 Å². The smallest absolute Gasteiger partial charge is 0.321 e. The monoisotopic (exact) mass is 359 g/mol. The molecule has 0 bridgehead atoms. The van der Waals surface area contributed by atoms with Crippen molar-refractivity contribution >= 4 is 17.2 Å². The van der Waals surface area contributed by atoms with Crippen molar-refractivity contribution in [2.75, 3.05) is 5.32 Å². The summed E-state index contributed by atoms with van der Waals surface area (Å²) < 4.78 is 5.54. The summed E-state index contributed by atoms with van der Waals surface area (Å²) in [6.45, 7) is 4.08. The SMILES string of the molecule is CC/C(=C/C(=O)Nc1ccc(Oc2ncccn2)cc1)c1ccc(C)cc1. The lowest BCUT2D eigenvalue weighted by Gasteiger charge is -2.08. The van der Waals surface area contributed by atoms with Gasteiger partial charge in [-0.1, -0.05) is 36.8 Å². The lowest BCUT2D eigenvalue weighted by atomic mass is 10.0. The van der Waals surface area contributed by atoms with Crippen LogP contribution < -0.4 is 10.1 Å². The second-order valence-corrected chi connectivity index (χ2v) is 6.04. The number of nitrogens with one attached hydrogen (secondary N) is 1. The van der Waals surface area contributed by atoms with E-state index in [1.807, 2.05) is 38.1 Å². The van der Waals surface area contributed by atoms with Crippen molar-refractivity contribution in [3.05, 3.63) is 84.2 Å². The first-order valence-electron chi connectivity index (χ1n) is 8.77. The Morgan fingerprint density at radius 2 is 1.70 bits per heavy atom. The first kappa shape index (κ1) is 18.3. The quantitative estimate of drug-likeness (QED) is 0.628. The molecule has 1 heterocycles. The van der Waals surface area contributed by atoms with Crippen molar-refractivity contribution in [3.63, 3.8) is 0 Å².